The van der Waals surface area contributed by atoms with Gasteiger partial charge in [0.15, 0.2) is 0 Å². The summed E-state index contributed by atoms with van der Waals surface area (Å²) >= 11 is 1.44. The highest BCUT2D eigenvalue weighted by molar-refractivity contribution is 7.10. The van der Waals surface area contributed by atoms with Crippen LogP contribution in [0.15, 0.2) is 29.9 Å². The molecule has 0 fully saturated rings. The molecule has 0 radical (unpaired) electrons. The number of aryl methyl sites for hydroxylation is 1. The lowest BCUT2D eigenvalue weighted by atomic mass is 10.2. The topological polar surface area (TPSA) is 62.2 Å². The zero-order chi connectivity index (χ0) is 12.3. The van der Waals surface area contributed by atoms with E-state index in [1.165, 1.54) is 11.3 Å². The molecule has 2 aromatic rings. The number of pyridine rings is 1. The van der Waals surface area contributed by atoms with Crippen molar-refractivity contribution < 1.29 is 9.90 Å². The van der Waals surface area contributed by atoms with Crippen LogP contribution in [0.5, 0.6) is 0 Å². The largest absolute Gasteiger partial charge is 0.478 e. The first kappa shape index (κ1) is 11.6. The zero-order valence-corrected chi connectivity index (χ0v) is 10.1. The van der Waals surface area contributed by atoms with Crippen molar-refractivity contribution in [3.05, 3.63) is 45.9 Å². The molecule has 0 bridgehead atoms. The molecular formula is C12H12N2O2S. The van der Waals surface area contributed by atoms with Gasteiger partial charge in [0.05, 0.1) is 17.4 Å². The van der Waals surface area contributed by atoms with Crippen LogP contribution in [-0.2, 0) is 6.54 Å². The molecule has 2 rings (SSSR count). The molecule has 0 unspecified atom stereocenters. The first-order valence-corrected chi connectivity index (χ1v) is 6.00. The summed E-state index contributed by atoms with van der Waals surface area (Å²) in [5.74, 6) is -0.884. The number of carbonyl (C=O) groups is 1. The Bertz CT molecular complexity index is 537. The molecule has 0 saturated heterocycles. The highest BCUT2D eigenvalue weighted by atomic mass is 32.1. The van der Waals surface area contributed by atoms with Gasteiger partial charge in [-0.2, -0.15) is 0 Å². The molecule has 4 nitrogen and oxygen atoms in total. The number of carboxylic acids is 1. The van der Waals surface area contributed by atoms with Gasteiger partial charge in [0.2, 0.25) is 0 Å². The van der Waals surface area contributed by atoms with Crippen LogP contribution in [0, 0.1) is 6.92 Å². The van der Waals surface area contributed by atoms with E-state index in [2.05, 4.69) is 10.3 Å². The number of aromatic carboxylic acids is 1. The van der Waals surface area contributed by atoms with Crippen LogP contribution >= 0.6 is 11.3 Å². The summed E-state index contributed by atoms with van der Waals surface area (Å²) in [5, 5.41) is 13.7. The third kappa shape index (κ3) is 2.82. The standard InChI is InChI=1S/C12H12N2O2S/c1-8-2-3-13-6-11(8)14-5-10-4-9(7-17-10)12(15)16/h2-4,6-7,14H,5H2,1H3,(H,15,16). The lowest BCUT2D eigenvalue weighted by Gasteiger charge is -2.06. The fourth-order valence-electron chi connectivity index (χ4n) is 1.42. The summed E-state index contributed by atoms with van der Waals surface area (Å²) < 4.78 is 0. The van der Waals surface area contributed by atoms with Gasteiger partial charge in [0.1, 0.15) is 0 Å². The van der Waals surface area contributed by atoms with Gasteiger partial charge in [-0.15, -0.1) is 11.3 Å². The molecule has 0 saturated carbocycles. The smallest absolute Gasteiger partial charge is 0.336 e. The number of nitrogens with zero attached hydrogens (tertiary/aromatic N) is 1. The number of hydrogen-bond donors (Lipinski definition) is 2. The second-order valence-electron chi connectivity index (χ2n) is 3.65. The molecular weight excluding hydrogens is 236 g/mol. The Balaban J connectivity index is 2.02. The van der Waals surface area contributed by atoms with Gasteiger partial charge < -0.3 is 10.4 Å². The van der Waals surface area contributed by atoms with E-state index in [1.807, 2.05) is 13.0 Å². The molecule has 5 heteroatoms. The summed E-state index contributed by atoms with van der Waals surface area (Å²) in [6.07, 6.45) is 3.51. The molecule has 0 atom stereocenters. The number of hydrogen-bond acceptors (Lipinski definition) is 4. The Morgan fingerprint density at radius 2 is 2.41 bits per heavy atom. The average molecular weight is 248 g/mol. The van der Waals surface area contributed by atoms with Crippen molar-refractivity contribution >= 4 is 23.0 Å². The summed E-state index contributed by atoms with van der Waals surface area (Å²) in [6.45, 7) is 2.62. The van der Waals surface area contributed by atoms with Crippen LogP contribution in [0.3, 0.4) is 0 Å². The minimum atomic E-state index is -0.884. The average Bonchev–Trinajstić information content (AvgIpc) is 2.77. The van der Waals surface area contributed by atoms with E-state index in [9.17, 15) is 4.79 Å². The molecule has 2 heterocycles. The van der Waals surface area contributed by atoms with E-state index in [-0.39, 0.29) is 0 Å². The second-order valence-corrected chi connectivity index (χ2v) is 4.65. The van der Waals surface area contributed by atoms with Crippen molar-refractivity contribution in [1.29, 1.82) is 0 Å². The van der Waals surface area contributed by atoms with Gasteiger partial charge in [-0.25, -0.2) is 4.79 Å². The summed E-state index contributed by atoms with van der Waals surface area (Å²) in [4.78, 5) is 15.7. The number of nitrogens with one attached hydrogen (secondary N) is 1. The quantitative estimate of drug-likeness (QED) is 0.873. The predicted octanol–water partition coefficient (Wildman–Crippen LogP) is 2.76. The van der Waals surface area contributed by atoms with E-state index in [0.29, 0.717) is 12.1 Å². The number of carboxylic acid groups (broad SMARTS) is 1. The summed E-state index contributed by atoms with van der Waals surface area (Å²) in [6, 6.07) is 3.62. The van der Waals surface area contributed by atoms with E-state index in [0.717, 1.165) is 16.1 Å². The fraction of sp³-hybridized carbons (Fsp3) is 0.167. The Hall–Kier alpha value is -1.88. The van der Waals surface area contributed by atoms with Crippen molar-refractivity contribution in [2.45, 2.75) is 13.5 Å². The molecule has 0 aliphatic rings. The number of aromatic nitrogens is 1. The molecule has 17 heavy (non-hydrogen) atoms. The van der Waals surface area contributed by atoms with Gasteiger partial charge in [-0.1, -0.05) is 0 Å². The molecule has 0 aliphatic heterocycles. The van der Waals surface area contributed by atoms with Crippen molar-refractivity contribution in [3.63, 3.8) is 0 Å². The number of thiophene rings is 1. The predicted molar refractivity (Wildman–Crippen MR) is 67.6 cm³/mol. The molecule has 2 N–H and O–H groups in total. The Morgan fingerprint density at radius 3 is 3.06 bits per heavy atom. The minimum absolute atomic E-state index is 0.342. The van der Waals surface area contributed by atoms with Crippen molar-refractivity contribution in [2.75, 3.05) is 5.32 Å². The van der Waals surface area contributed by atoms with Crippen LogP contribution in [0.1, 0.15) is 20.8 Å². The van der Waals surface area contributed by atoms with Crippen LogP contribution in [0.2, 0.25) is 0 Å². The minimum Gasteiger partial charge on any atom is -0.478 e. The van der Waals surface area contributed by atoms with Crippen molar-refractivity contribution in [3.8, 4) is 0 Å². The van der Waals surface area contributed by atoms with Gasteiger partial charge in [-0.3, -0.25) is 4.98 Å². The highest BCUT2D eigenvalue weighted by Gasteiger charge is 2.06. The molecule has 0 aliphatic carbocycles. The van der Waals surface area contributed by atoms with Gasteiger partial charge >= 0.3 is 5.97 Å². The normalized spacial score (nSPS) is 10.2. The van der Waals surface area contributed by atoms with E-state index in [1.54, 1.807) is 23.8 Å². The molecule has 2 aromatic heterocycles. The van der Waals surface area contributed by atoms with Crippen LogP contribution < -0.4 is 5.32 Å². The summed E-state index contributed by atoms with van der Waals surface area (Å²) in [7, 11) is 0. The first-order chi connectivity index (χ1) is 8.16. The van der Waals surface area contributed by atoms with Gasteiger partial charge in [0, 0.05) is 23.0 Å². The molecule has 88 valence electrons. The zero-order valence-electron chi connectivity index (χ0n) is 9.30. The number of rotatable bonds is 4. The highest BCUT2D eigenvalue weighted by Crippen LogP contribution is 2.18. The third-order valence-electron chi connectivity index (χ3n) is 2.39. The SMILES string of the molecule is Cc1ccncc1NCc1cc(C(=O)O)cs1. The van der Waals surface area contributed by atoms with Gasteiger partial charge in [0.25, 0.3) is 0 Å². The fourth-order valence-corrected chi connectivity index (χ4v) is 2.21. The third-order valence-corrected chi connectivity index (χ3v) is 3.33. The monoisotopic (exact) mass is 248 g/mol. The Morgan fingerprint density at radius 1 is 1.59 bits per heavy atom. The maximum absolute atomic E-state index is 10.7. The summed E-state index contributed by atoms with van der Waals surface area (Å²) in [5.41, 5.74) is 2.43. The maximum Gasteiger partial charge on any atom is 0.336 e. The molecule has 0 aromatic carbocycles. The van der Waals surface area contributed by atoms with Crippen LogP contribution in [0.4, 0.5) is 5.69 Å². The number of anilines is 1. The van der Waals surface area contributed by atoms with Crippen LogP contribution in [0.25, 0.3) is 0 Å². The van der Waals surface area contributed by atoms with Crippen molar-refractivity contribution in [1.82, 2.24) is 4.98 Å². The van der Waals surface area contributed by atoms with E-state index < -0.39 is 5.97 Å². The lowest BCUT2D eigenvalue weighted by Crippen LogP contribution is -2.00. The second kappa shape index (κ2) is 4.97. The lowest BCUT2D eigenvalue weighted by molar-refractivity contribution is 0.0697. The van der Waals surface area contributed by atoms with E-state index >= 15 is 0 Å². The molecule has 0 spiro atoms. The Kier molecular flexibility index (Phi) is 3.39. The molecule has 0 amide bonds. The van der Waals surface area contributed by atoms with Crippen LogP contribution in [-0.4, -0.2) is 16.1 Å². The van der Waals surface area contributed by atoms with E-state index in [4.69, 9.17) is 5.11 Å². The Labute approximate surface area is 103 Å². The first-order valence-electron chi connectivity index (χ1n) is 5.12. The van der Waals surface area contributed by atoms with Gasteiger partial charge in [-0.05, 0) is 24.6 Å². The maximum atomic E-state index is 10.7. The van der Waals surface area contributed by atoms with Crippen molar-refractivity contribution in [2.24, 2.45) is 0 Å².